The third-order valence-electron chi connectivity index (χ3n) is 3.68. The van der Waals surface area contributed by atoms with Gasteiger partial charge in [0.25, 0.3) is 0 Å². The Morgan fingerprint density at radius 1 is 1.00 bits per heavy atom. The molecule has 3 rings (SSSR count). The molecule has 3 heteroatoms. The van der Waals surface area contributed by atoms with E-state index in [0.29, 0.717) is 6.54 Å². The largest absolute Gasteiger partial charge is 0.347 e. The Hall–Kier alpha value is -2.13. The number of fused-ring (bicyclic) bond motifs is 1. The summed E-state index contributed by atoms with van der Waals surface area (Å²) in [4.78, 5) is 4.06. The maximum Gasteiger partial charge on any atom is 0.0483 e. The second-order valence-electron chi connectivity index (χ2n) is 5.01. The van der Waals surface area contributed by atoms with Gasteiger partial charge in [-0.1, -0.05) is 18.2 Å². The van der Waals surface area contributed by atoms with Crippen molar-refractivity contribution in [3.05, 3.63) is 66.1 Å². The molecule has 0 saturated carbocycles. The van der Waals surface area contributed by atoms with Gasteiger partial charge in [-0.2, -0.15) is 0 Å². The lowest BCUT2D eigenvalue weighted by Gasteiger charge is -2.05. The SMILES string of the molecule is NCCc1cn(CCc2ccncc2)c2ccccc12. The number of rotatable bonds is 5. The van der Waals surface area contributed by atoms with Crippen LogP contribution in [0.3, 0.4) is 0 Å². The zero-order valence-corrected chi connectivity index (χ0v) is 11.5. The molecule has 20 heavy (non-hydrogen) atoms. The summed E-state index contributed by atoms with van der Waals surface area (Å²) in [6.07, 6.45) is 7.90. The van der Waals surface area contributed by atoms with Crippen LogP contribution >= 0.6 is 0 Å². The number of benzene rings is 1. The maximum absolute atomic E-state index is 5.71. The summed E-state index contributed by atoms with van der Waals surface area (Å²) in [5.74, 6) is 0. The molecule has 0 atom stereocenters. The smallest absolute Gasteiger partial charge is 0.0483 e. The van der Waals surface area contributed by atoms with Crippen LogP contribution in [0.5, 0.6) is 0 Å². The van der Waals surface area contributed by atoms with Gasteiger partial charge in [-0.05, 0) is 48.7 Å². The molecule has 0 bridgehead atoms. The Labute approximate surface area is 119 Å². The first-order valence-corrected chi connectivity index (χ1v) is 7.04. The van der Waals surface area contributed by atoms with E-state index in [1.54, 1.807) is 0 Å². The van der Waals surface area contributed by atoms with Crippen molar-refractivity contribution in [3.63, 3.8) is 0 Å². The molecule has 1 aromatic carbocycles. The van der Waals surface area contributed by atoms with Crippen LogP contribution in [0.1, 0.15) is 11.1 Å². The van der Waals surface area contributed by atoms with E-state index in [0.717, 1.165) is 19.4 Å². The molecular weight excluding hydrogens is 246 g/mol. The minimum Gasteiger partial charge on any atom is -0.347 e. The summed E-state index contributed by atoms with van der Waals surface area (Å²) in [5.41, 5.74) is 9.67. The topological polar surface area (TPSA) is 43.8 Å². The van der Waals surface area contributed by atoms with Crippen LogP contribution in [0.25, 0.3) is 10.9 Å². The Morgan fingerprint density at radius 3 is 2.60 bits per heavy atom. The Balaban J connectivity index is 1.87. The molecule has 0 aliphatic heterocycles. The summed E-state index contributed by atoms with van der Waals surface area (Å²) in [6.45, 7) is 1.67. The van der Waals surface area contributed by atoms with Gasteiger partial charge in [0.15, 0.2) is 0 Å². The third-order valence-corrected chi connectivity index (χ3v) is 3.68. The fourth-order valence-corrected chi connectivity index (χ4v) is 2.66. The molecule has 102 valence electrons. The second kappa shape index (κ2) is 5.88. The quantitative estimate of drug-likeness (QED) is 0.771. The van der Waals surface area contributed by atoms with E-state index in [4.69, 9.17) is 5.73 Å². The monoisotopic (exact) mass is 265 g/mol. The summed E-state index contributed by atoms with van der Waals surface area (Å²) >= 11 is 0. The average Bonchev–Trinajstić information content (AvgIpc) is 2.85. The van der Waals surface area contributed by atoms with E-state index in [-0.39, 0.29) is 0 Å². The Bertz CT molecular complexity index is 686. The number of hydrogen-bond donors (Lipinski definition) is 1. The van der Waals surface area contributed by atoms with Crippen molar-refractivity contribution in [2.75, 3.05) is 6.54 Å². The average molecular weight is 265 g/mol. The molecule has 0 fully saturated rings. The van der Waals surface area contributed by atoms with Gasteiger partial charge in [0.1, 0.15) is 0 Å². The fourth-order valence-electron chi connectivity index (χ4n) is 2.66. The molecule has 2 heterocycles. The van der Waals surface area contributed by atoms with Crippen molar-refractivity contribution in [3.8, 4) is 0 Å². The van der Waals surface area contributed by atoms with E-state index >= 15 is 0 Å². The predicted octanol–water partition coefficient (Wildman–Crippen LogP) is 2.78. The molecule has 3 nitrogen and oxygen atoms in total. The van der Waals surface area contributed by atoms with Crippen molar-refractivity contribution >= 4 is 10.9 Å². The van der Waals surface area contributed by atoms with E-state index < -0.39 is 0 Å². The third kappa shape index (κ3) is 2.58. The van der Waals surface area contributed by atoms with Crippen LogP contribution in [0.2, 0.25) is 0 Å². The summed E-state index contributed by atoms with van der Waals surface area (Å²) in [6, 6.07) is 12.7. The second-order valence-corrected chi connectivity index (χ2v) is 5.01. The minimum atomic E-state index is 0.693. The van der Waals surface area contributed by atoms with Crippen LogP contribution < -0.4 is 5.73 Å². The molecule has 0 amide bonds. The molecule has 3 aromatic rings. The van der Waals surface area contributed by atoms with Crippen molar-refractivity contribution in [1.29, 1.82) is 0 Å². The van der Waals surface area contributed by atoms with E-state index in [1.165, 1.54) is 22.0 Å². The molecule has 0 radical (unpaired) electrons. The molecular formula is C17H19N3. The first-order valence-electron chi connectivity index (χ1n) is 7.04. The number of hydrogen-bond acceptors (Lipinski definition) is 2. The first kappa shape index (κ1) is 12.9. The van der Waals surface area contributed by atoms with Crippen molar-refractivity contribution in [2.24, 2.45) is 5.73 Å². The van der Waals surface area contributed by atoms with Gasteiger partial charge in [0.2, 0.25) is 0 Å². The number of aryl methyl sites for hydroxylation is 2. The van der Waals surface area contributed by atoms with Crippen LogP contribution in [0.15, 0.2) is 55.0 Å². The van der Waals surface area contributed by atoms with Gasteiger partial charge >= 0.3 is 0 Å². The highest BCUT2D eigenvalue weighted by molar-refractivity contribution is 5.84. The number of nitrogens with zero attached hydrogens (tertiary/aromatic N) is 2. The van der Waals surface area contributed by atoms with Gasteiger partial charge in [-0.3, -0.25) is 4.98 Å². The number of para-hydroxylation sites is 1. The first-order chi connectivity index (χ1) is 9.88. The van der Waals surface area contributed by atoms with Crippen LogP contribution in [0, 0.1) is 0 Å². The molecule has 0 unspecified atom stereocenters. The lowest BCUT2D eigenvalue weighted by Crippen LogP contribution is -2.02. The molecule has 0 aliphatic rings. The highest BCUT2D eigenvalue weighted by atomic mass is 15.0. The maximum atomic E-state index is 5.71. The summed E-state index contributed by atoms with van der Waals surface area (Å²) in [5, 5.41) is 1.33. The predicted molar refractivity (Wildman–Crippen MR) is 82.6 cm³/mol. The van der Waals surface area contributed by atoms with Crippen molar-refractivity contribution < 1.29 is 0 Å². The van der Waals surface area contributed by atoms with E-state index in [2.05, 4.69) is 52.1 Å². The Morgan fingerprint density at radius 2 is 1.80 bits per heavy atom. The van der Waals surface area contributed by atoms with E-state index in [1.807, 2.05) is 12.4 Å². The summed E-state index contributed by atoms with van der Waals surface area (Å²) in [7, 11) is 0. The zero-order chi connectivity index (χ0) is 13.8. The minimum absolute atomic E-state index is 0.693. The van der Waals surface area contributed by atoms with Gasteiger partial charge in [0, 0.05) is 36.0 Å². The normalized spacial score (nSPS) is 11.1. The van der Waals surface area contributed by atoms with Crippen molar-refractivity contribution in [1.82, 2.24) is 9.55 Å². The Kier molecular flexibility index (Phi) is 3.79. The highest BCUT2D eigenvalue weighted by Crippen LogP contribution is 2.22. The van der Waals surface area contributed by atoms with Gasteiger partial charge in [-0.15, -0.1) is 0 Å². The lowest BCUT2D eigenvalue weighted by molar-refractivity contribution is 0.718. The van der Waals surface area contributed by atoms with Crippen molar-refractivity contribution in [2.45, 2.75) is 19.4 Å². The number of pyridine rings is 1. The molecule has 2 N–H and O–H groups in total. The van der Waals surface area contributed by atoms with Gasteiger partial charge in [-0.25, -0.2) is 0 Å². The van der Waals surface area contributed by atoms with E-state index in [9.17, 15) is 0 Å². The van der Waals surface area contributed by atoms with Gasteiger partial charge in [0.05, 0.1) is 0 Å². The van der Waals surface area contributed by atoms with Crippen LogP contribution in [-0.2, 0) is 19.4 Å². The fraction of sp³-hybridized carbons (Fsp3) is 0.235. The van der Waals surface area contributed by atoms with Gasteiger partial charge < -0.3 is 10.3 Å². The number of aromatic nitrogens is 2. The van der Waals surface area contributed by atoms with Crippen LogP contribution in [-0.4, -0.2) is 16.1 Å². The standard InChI is InChI=1S/C17H19N3/c18-9-5-15-13-20(17-4-2-1-3-16(15)17)12-8-14-6-10-19-11-7-14/h1-4,6-7,10-11,13H,5,8-9,12,18H2. The highest BCUT2D eigenvalue weighted by Gasteiger charge is 2.07. The lowest BCUT2D eigenvalue weighted by atomic mass is 10.1. The molecule has 2 aromatic heterocycles. The molecule has 0 aliphatic carbocycles. The molecule has 0 saturated heterocycles. The van der Waals surface area contributed by atoms with Crippen LogP contribution in [0.4, 0.5) is 0 Å². The zero-order valence-electron chi connectivity index (χ0n) is 11.5. The molecule has 0 spiro atoms. The number of nitrogens with two attached hydrogens (primary N) is 1. The summed E-state index contributed by atoms with van der Waals surface area (Å²) < 4.78 is 2.33.